The Hall–Kier alpha value is -3.08. The van der Waals surface area contributed by atoms with E-state index in [1.165, 1.54) is 29.6 Å². The van der Waals surface area contributed by atoms with Crippen LogP contribution < -0.4 is 16.0 Å². The highest BCUT2D eigenvalue weighted by Crippen LogP contribution is 2.29. The predicted octanol–water partition coefficient (Wildman–Crippen LogP) is 3.41. The number of fused-ring (bicyclic) bond motifs is 1. The van der Waals surface area contributed by atoms with Gasteiger partial charge in [0.1, 0.15) is 0 Å². The molecule has 2 aromatic heterocycles. The lowest BCUT2D eigenvalue weighted by molar-refractivity contribution is -0.117. The molecule has 1 aliphatic heterocycles. The van der Waals surface area contributed by atoms with Gasteiger partial charge in [0.05, 0.1) is 17.1 Å². The smallest absolute Gasteiger partial charge is 0.267 e. The zero-order valence-electron chi connectivity index (χ0n) is 16.8. The first kappa shape index (κ1) is 21.2. The highest BCUT2D eigenvalue weighted by Gasteiger charge is 2.23. The first-order valence-electron chi connectivity index (χ1n) is 9.69. The molecule has 0 aliphatic carbocycles. The normalized spacial score (nSPS) is 13.3. The highest BCUT2D eigenvalue weighted by molar-refractivity contribution is 7.16. The number of thiazole rings is 1. The summed E-state index contributed by atoms with van der Waals surface area (Å²) in [5.41, 5.74) is 2.34. The molecule has 0 saturated carbocycles. The van der Waals surface area contributed by atoms with Crippen LogP contribution in [0.1, 0.15) is 27.2 Å². The van der Waals surface area contributed by atoms with Crippen molar-refractivity contribution in [1.29, 1.82) is 0 Å². The van der Waals surface area contributed by atoms with Gasteiger partial charge in [0, 0.05) is 42.7 Å². The van der Waals surface area contributed by atoms with Crippen molar-refractivity contribution in [2.24, 2.45) is 0 Å². The summed E-state index contributed by atoms with van der Waals surface area (Å²) in [6.45, 7) is 3.06. The van der Waals surface area contributed by atoms with E-state index < -0.39 is 0 Å². The molecule has 0 fully saturated rings. The van der Waals surface area contributed by atoms with Crippen LogP contribution in [0, 0.1) is 0 Å². The number of nitrogens with zero attached hydrogens (tertiary/aromatic N) is 2. The minimum absolute atomic E-state index is 0.105. The van der Waals surface area contributed by atoms with Gasteiger partial charge in [-0.1, -0.05) is 6.07 Å². The number of nitrogens with one attached hydrogen (secondary N) is 3. The number of thiophene rings is 1. The fourth-order valence-electron chi connectivity index (χ4n) is 3.25. The van der Waals surface area contributed by atoms with Crippen molar-refractivity contribution in [3.63, 3.8) is 0 Å². The molecule has 3 amide bonds. The van der Waals surface area contributed by atoms with Gasteiger partial charge in [0.2, 0.25) is 11.8 Å². The summed E-state index contributed by atoms with van der Waals surface area (Å²) in [6, 6.07) is 10.6. The van der Waals surface area contributed by atoms with Crippen LogP contribution in [0.15, 0.2) is 41.8 Å². The summed E-state index contributed by atoms with van der Waals surface area (Å²) >= 11 is 2.85. The molecule has 10 heteroatoms. The molecule has 0 radical (unpaired) electrons. The number of hydrogen-bond donors (Lipinski definition) is 3. The van der Waals surface area contributed by atoms with Crippen molar-refractivity contribution >= 4 is 56.9 Å². The number of benzene rings is 1. The van der Waals surface area contributed by atoms with Gasteiger partial charge in [0.25, 0.3) is 5.91 Å². The molecule has 31 heavy (non-hydrogen) atoms. The highest BCUT2D eigenvalue weighted by atomic mass is 32.1. The van der Waals surface area contributed by atoms with Crippen LogP contribution in [0.2, 0.25) is 0 Å². The summed E-state index contributed by atoms with van der Waals surface area (Å²) in [7, 11) is 0. The van der Waals surface area contributed by atoms with E-state index in [1.807, 2.05) is 11.4 Å². The summed E-state index contributed by atoms with van der Waals surface area (Å²) in [5.74, 6) is -0.396. The van der Waals surface area contributed by atoms with Crippen LogP contribution in [-0.2, 0) is 22.6 Å². The van der Waals surface area contributed by atoms with Crippen molar-refractivity contribution in [3.05, 3.63) is 57.2 Å². The maximum atomic E-state index is 12.4. The Kier molecular flexibility index (Phi) is 6.40. The van der Waals surface area contributed by atoms with E-state index in [1.54, 1.807) is 30.3 Å². The number of hydrogen-bond acceptors (Lipinski definition) is 7. The van der Waals surface area contributed by atoms with E-state index in [9.17, 15) is 14.4 Å². The molecular formula is C21H21N5O3S2. The van der Waals surface area contributed by atoms with Crippen LogP contribution in [-0.4, -0.2) is 40.7 Å². The van der Waals surface area contributed by atoms with E-state index in [0.29, 0.717) is 27.9 Å². The zero-order valence-corrected chi connectivity index (χ0v) is 18.4. The topological polar surface area (TPSA) is 103 Å². The maximum Gasteiger partial charge on any atom is 0.267 e. The third kappa shape index (κ3) is 5.54. The Morgan fingerprint density at radius 1 is 1.06 bits per heavy atom. The van der Waals surface area contributed by atoms with Crippen molar-refractivity contribution in [2.75, 3.05) is 29.0 Å². The number of aromatic nitrogens is 1. The van der Waals surface area contributed by atoms with E-state index in [4.69, 9.17) is 0 Å². The fraction of sp³-hybridized carbons (Fsp3) is 0.238. The van der Waals surface area contributed by atoms with E-state index in [2.05, 4.69) is 25.8 Å². The minimum Gasteiger partial charge on any atom is -0.326 e. The number of rotatable bonds is 6. The molecule has 0 spiro atoms. The third-order valence-electron chi connectivity index (χ3n) is 4.63. The quantitative estimate of drug-likeness (QED) is 0.529. The monoisotopic (exact) mass is 455 g/mol. The third-order valence-corrected chi connectivity index (χ3v) is 6.50. The Morgan fingerprint density at radius 2 is 1.81 bits per heavy atom. The van der Waals surface area contributed by atoms with Crippen LogP contribution in [0.3, 0.4) is 0 Å². The minimum atomic E-state index is -0.151. The molecule has 0 bridgehead atoms. The van der Waals surface area contributed by atoms with Crippen molar-refractivity contribution in [2.45, 2.75) is 19.9 Å². The lowest BCUT2D eigenvalue weighted by Crippen LogP contribution is -2.36. The average molecular weight is 456 g/mol. The molecule has 0 atom stereocenters. The second kappa shape index (κ2) is 9.38. The zero-order chi connectivity index (χ0) is 21.8. The van der Waals surface area contributed by atoms with Gasteiger partial charge < -0.3 is 10.6 Å². The molecule has 3 heterocycles. The number of carbonyl (C=O) groups excluding carboxylic acids is 3. The van der Waals surface area contributed by atoms with Gasteiger partial charge in [-0.05, 0) is 35.7 Å². The van der Waals surface area contributed by atoms with Crippen LogP contribution in [0.5, 0.6) is 0 Å². The van der Waals surface area contributed by atoms with Gasteiger partial charge in [-0.15, -0.1) is 22.7 Å². The molecule has 0 saturated heterocycles. The maximum absolute atomic E-state index is 12.4. The first-order valence-corrected chi connectivity index (χ1v) is 11.4. The predicted molar refractivity (Wildman–Crippen MR) is 123 cm³/mol. The SMILES string of the molecule is CC(=O)Nc1ccc(NC(=O)CN2CCc3nc(NC(=O)c4cccs4)sc3C2)cc1. The van der Waals surface area contributed by atoms with Gasteiger partial charge >= 0.3 is 0 Å². The molecule has 0 unspecified atom stereocenters. The lowest BCUT2D eigenvalue weighted by Gasteiger charge is -2.25. The van der Waals surface area contributed by atoms with Crippen molar-refractivity contribution in [3.8, 4) is 0 Å². The van der Waals surface area contributed by atoms with Gasteiger partial charge in [0.15, 0.2) is 5.13 Å². The number of anilines is 3. The van der Waals surface area contributed by atoms with Crippen LogP contribution in [0.25, 0.3) is 0 Å². The van der Waals surface area contributed by atoms with Gasteiger partial charge in [-0.25, -0.2) is 4.98 Å². The Balaban J connectivity index is 1.30. The molecule has 8 nitrogen and oxygen atoms in total. The molecule has 160 valence electrons. The summed E-state index contributed by atoms with van der Waals surface area (Å²) in [4.78, 5) is 44.1. The average Bonchev–Trinajstić information content (AvgIpc) is 3.38. The molecule has 4 rings (SSSR count). The van der Waals surface area contributed by atoms with E-state index >= 15 is 0 Å². The van der Waals surface area contributed by atoms with Crippen molar-refractivity contribution in [1.82, 2.24) is 9.88 Å². The molecule has 1 aromatic carbocycles. The second-order valence-corrected chi connectivity index (χ2v) is 9.12. The van der Waals surface area contributed by atoms with Crippen LogP contribution >= 0.6 is 22.7 Å². The van der Waals surface area contributed by atoms with E-state index in [-0.39, 0.29) is 24.3 Å². The standard InChI is InChI=1S/C21H21N5O3S2/c1-13(27)22-14-4-6-15(7-5-14)23-19(28)12-26-9-8-16-18(11-26)31-21(24-16)25-20(29)17-3-2-10-30-17/h2-7,10H,8-9,11-12H2,1H3,(H,22,27)(H,23,28)(H,24,25,29). The largest absolute Gasteiger partial charge is 0.326 e. The number of carbonyl (C=O) groups is 3. The fourth-order valence-corrected chi connectivity index (χ4v) is 4.91. The Labute approximate surface area is 187 Å². The Bertz CT molecular complexity index is 1090. The first-order chi connectivity index (χ1) is 15.0. The number of amides is 3. The Morgan fingerprint density at radius 3 is 2.48 bits per heavy atom. The molecule has 3 N–H and O–H groups in total. The summed E-state index contributed by atoms with van der Waals surface area (Å²) < 4.78 is 0. The lowest BCUT2D eigenvalue weighted by atomic mass is 10.2. The summed E-state index contributed by atoms with van der Waals surface area (Å²) in [6.07, 6.45) is 0.736. The summed E-state index contributed by atoms with van der Waals surface area (Å²) in [5, 5.41) is 10.9. The van der Waals surface area contributed by atoms with Crippen molar-refractivity contribution < 1.29 is 14.4 Å². The molecule has 1 aliphatic rings. The van der Waals surface area contributed by atoms with Gasteiger partial charge in [-0.3, -0.25) is 24.6 Å². The van der Waals surface area contributed by atoms with Gasteiger partial charge in [-0.2, -0.15) is 0 Å². The second-order valence-electron chi connectivity index (χ2n) is 7.09. The molecule has 3 aromatic rings. The molecular weight excluding hydrogens is 434 g/mol. The van der Waals surface area contributed by atoms with E-state index in [0.717, 1.165) is 23.5 Å². The van der Waals surface area contributed by atoms with Crippen LogP contribution in [0.4, 0.5) is 16.5 Å².